The van der Waals surface area contributed by atoms with Crippen molar-refractivity contribution in [2.75, 3.05) is 12.3 Å². The fourth-order valence-electron chi connectivity index (χ4n) is 1.67. The van der Waals surface area contributed by atoms with Gasteiger partial charge in [-0.15, -0.1) is 0 Å². The molecule has 6 heteroatoms. The Morgan fingerprint density at radius 1 is 1.12 bits per heavy atom. The van der Waals surface area contributed by atoms with E-state index in [1.165, 1.54) is 6.33 Å². The lowest BCUT2D eigenvalue weighted by Crippen LogP contribution is -2.02. The minimum Gasteiger partial charge on any atom is -0.382 e. The number of unbranched alkanes of at least 4 members (excludes halogenated alkanes) is 2. The molecule has 0 aromatic carbocycles. The summed E-state index contributed by atoms with van der Waals surface area (Å²) in [7, 11) is 0. The third-order valence-electron chi connectivity index (χ3n) is 2.53. The lowest BCUT2D eigenvalue weighted by atomic mass is 10.2. The van der Waals surface area contributed by atoms with Crippen molar-refractivity contribution in [2.24, 2.45) is 5.73 Å². The van der Waals surface area contributed by atoms with Crippen molar-refractivity contribution in [3.05, 3.63) is 12.7 Å². The minimum absolute atomic E-state index is 0.436. The third kappa shape index (κ3) is 2.11. The summed E-state index contributed by atoms with van der Waals surface area (Å²) in [6, 6.07) is 0. The first-order valence-corrected chi connectivity index (χ1v) is 5.44. The van der Waals surface area contributed by atoms with E-state index in [9.17, 15) is 0 Å². The number of imidazole rings is 1. The Hall–Kier alpha value is -1.69. The number of nitrogens with zero attached hydrogens (tertiary/aromatic N) is 4. The van der Waals surface area contributed by atoms with Crippen LogP contribution in [0.15, 0.2) is 12.7 Å². The van der Waals surface area contributed by atoms with Crippen LogP contribution in [0.5, 0.6) is 0 Å². The van der Waals surface area contributed by atoms with E-state index in [4.69, 9.17) is 11.5 Å². The summed E-state index contributed by atoms with van der Waals surface area (Å²) in [4.78, 5) is 12.3. The van der Waals surface area contributed by atoms with E-state index in [1.54, 1.807) is 6.33 Å². The predicted molar refractivity (Wildman–Crippen MR) is 62.6 cm³/mol. The summed E-state index contributed by atoms with van der Waals surface area (Å²) >= 11 is 0. The van der Waals surface area contributed by atoms with Crippen molar-refractivity contribution >= 4 is 17.0 Å². The van der Waals surface area contributed by atoms with Crippen molar-refractivity contribution in [1.82, 2.24) is 19.5 Å². The molecule has 0 saturated carbocycles. The van der Waals surface area contributed by atoms with Crippen LogP contribution in [0.25, 0.3) is 11.2 Å². The molecule has 86 valence electrons. The highest BCUT2D eigenvalue weighted by Gasteiger charge is 2.06. The number of nitrogen functional groups attached to an aromatic ring is 1. The van der Waals surface area contributed by atoms with Gasteiger partial charge in [0, 0.05) is 6.54 Å². The van der Waals surface area contributed by atoms with E-state index in [1.807, 2.05) is 4.57 Å². The normalized spacial score (nSPS) is 11.1. The summed E-state index contributed by atoms with van der Waals surface area (Å²) in [5.74, 6) is 0.436. The lowest BCUT2D eigenvalue weighted by Gasteiger charge is -2.02. The van der Waals surface area contributed by atoms with E-state index in [-0.39, 0.29) is 0 Å². The monoisotopic (exact) mass is 220 g/mol. The first-order chi connectivity index (χ1) is 7.83. The van der Waals surface area contributed by atoms with Crippen LogP contribution in [-0.4, -0.2) is 26.1 Å². The summed E-state index contributed by atoms with van der Waals surface area (Å²) in [6.45, 7) is 1.65. The molecule has 2 aromatic rings. The topological polar surface area (TPSA) is 95.6 Å². The zero-order valence-electron chi connectivity index (χ0n) is 9.13. The Morgan fingerprint density at radius 3 is 2.81 bits per heavy atom. The van der Waals surface area contributed by atoms with Crippen LogP contribution in [0.1, 0.15) is 19.3 Å². The van der Waals surface area contributed by atoms with Gasteiger partial charge >= 0.3 is 0 Å². The van der Waals surface area contributed by atoms with Crippen molar-refractivity contribution in [3.8, 4) is 0 Å². The molecule has 0 radical (unpaired) electrons. The number of fused-ring (bicyclic) bond motifs is 1. The molecule has 2 aromatic heterocycles. The molecule has 0 aliphatic heterocycles. The molecular formula is C10H16N6. The van der Waals surface area contributed by atoms with Crippen LogP contribution >= 0.6 is 0 Å². The third-order valence-corrected chi connectivity index (χ3v) is 2.53. The molecule has 16 heavy (non-hydrogen) atoms. The van der Waals surface area contributed by atoms with Crippen molar-refractivity contribution in [1.29, 1.82) is 0 Å². The highest BCUT2D eigenvalue weighted by Crippen LogP contribution is 2.14. The summed E-state index contributed by atoms with van der Waals surface area (Å²) in [5, 5.41) is 0. The zero-order valence-corrected chi connectivity index (χ0v) is 9.13. The number of nitrogens with two attached hydrogens (primary N) is 2. The molecule has 2 rings (SSSR count). The van der Waals surface area contributed by atoms with Gasteiger partial charge in [-0.05, 0) is 19.4 Å². The van der Waals surface area contributed by atoms with Crippen LogP contribution < -0.4 is 11.5 Å². The molecule has 0 amide bonds. The first-order valence-electron chi connectivity index (χ1n) is 5.44. The predicted octanol–water partition coefficient (Wildman–Crippen LogP) is 0.537. The van der Waals surface area contributed by atoms with Crippen molar-refractivity contribution in [2.45, 2.75) is 25.8 Å². The smallest absolute Gasteiger partial charge is 0.165 e. The average molecular weight is 220 g/mol. The number of anilines is 1. The molecule has 0 fully saturated rings. The number of hydrogen-bond acceptors (Lipinski definition) is 5. The molecule has 0 aliphatic carbocycles. The molecule has 2 heterocycles. The standard InChI is InChI=1S/C10H16N6/c11-4-2-1-3-5-16-7-15-8-9(12)13-6-14-10(8)16/h6-7H,1-5,11H2,(H2,12,13,14). The Bertz CT molecular complexity index is 463. The van der Waals surface area contributed by atoms with Crippen LogP contribution in [0.3, 0.4) is 0 Å². The van der Waals surface area contributed by atoms with Crippen molar-refractivity contribution < 1.29 is 0 Å². The Morgan fingerprint density at radius 2 is 2.00 bits per heavy atom. The van der Waals surface area contributed by atoms with Gasteiger partial charge in [0.15, 0.2) is 11.5 Å². The number of aryl methyl sites for hydroxylation is 1. The van der Waals surface area contributed by atoms with E-state index in [0.717, 1.165) is 38.0 Å². The van der Waals surface area contributed by atoms with Gasteiger partial charge in [0.25, 0.3) is 0 Å². The lowest BCUT2D eigenvalue weighted by molar-refractivity contribution is 0.598. The van der Waals surface area contributed by atoms with Crippen LogP contribution in [0.2, 0.25) is 0 Å². The van der Waals surface area contributed by atoms with Gasteiger partial charge in [-0.1, -0.05) is 6.42 Å². The highest BCUT2D eigenvalue weighted by molar-refractivity contribution is 5.80. The second-order valence-corrected chi connectivity index (χ2v) is 3.72. The maximum Gasteiger partial charge on any atom is 0.165 e. The van der Waals surface area contributed by atoms with Crippen LogP contribution in [-0.2, 0) is 6.54 Å². The maximum absolute atomic E-state index is 5.70. The Kier molecular flexibility index (Phi) is 3.31. The summed E-state index contributed by atoms with van der Waals surface area (Å²) < 4.78 is 2.00. The van der Waals surface area contributed by atoms with Gasteiger partial charge in [-0.2, -0.15) is 0 Å². The van der Waals surface area contributed by atoms with Gasteiger partial charge in [-0.3, -0.25) is 0 Å². The van der Waals surface area contributed by atoms with E-state index < -0.39 is 0 Å². The molecule has 0 spiro atoms. The van der Waals surface area contributed by atoms with E-state index in [0.29, 0.717) is 11.3 Å². The molecular weight excluding hydrogens is 204 g/mol. The quantitative estimate of drug-likeness (QED) is 0.717. The fourth-order valence-corrected chi connectivity index (χ4v) is 1.67. The SMILES string of the molecule is NCCCCCn1cnc2c(N)ncnc21. The van der Waals surface area contributed by atoms with Gasteiger partial charge in [0.2, 0.25) is 0 Å². The number of rotatable bonds is 5. The van der Waals surface area contributed by atoms with Crippen LogP contribution in [0.4, 0.5) is 5.82 Å². The second-order valence-electron chi connectivity index (χ2n) is 3.72. The fraction of sp³-hybridized carbons (Fsp3) is 0.500. The molecule has 4 N–H and O–H groups in total. The van der Waals surface area contributed by atoms with Gasteiger partial charge in [0.05, 0.1) is 6.33 Å². The number of aromatic nitrogens is 4. The largest absolute Gasteiger partial charge is 0.382 e. The van der Waals surface area contributed by atoms with Crippen LogP contribution in [0, 0.1) is 0 Å². The van der Waals surface area contributed by atoms with E-state index >= 15 is 0 Å². The molecule has 0 saturated heterocycles. The molecule has 0 bridgehead atoms. The second kappa shape index (κ2) is 4.89. The van der Waals surface area contributed by atoms with E-state index in [2.05, 4.69) is 15.0 Å². The first kappa shape index (κ1) is 10.8. The highest BCUT2D eigenvalue weighted by atomic mass is 15.1. The van der Waals surface area contributed by atoms with Gasteiger partial charge < -0.3 is 16.0 Å². The number of hydrogen-bond donors (Lipinski definition) is 2. The van der Waals surface area contributed by atoms with Gasteiger partial charge in [0.1, 0.15) is 11.8 Å². The maximum atomic E-state index is 5.70. The molecule has 0 unspecified atom stereocenters. The average Bonchev–Trinajstić information content (AvgIpc) is 2.70. The molecule has 0 atom stereocenters. The summed E-state index contributed by atoms with van der Waals surface area (Å²) in [5.41, 5.74) is 12.6. The Balaban J connectivity index is 2.10. The summed E-state index contributed by atoms with van der Waals surface area (Å²) in [6.07, 6.45) is 6.49. The Labute approximate surface area is 93.7 Å². The van der Waals surface area contributed by atoms with Crippen molar-refractivity contribution in [3.63, 3.8) is 0 Å². The molecule has 0 aliphatic rings. The van der Waals surface area contributed by atoms with Gasteiger partial charge in [-0.25, -0.2) is 15.0 Å². The zero-order chi connectivity index (χ0) is 11.4. The molecule has 6 nitrogen and oxygen atoms in total. The minimum atomic E-state index is 0.436.